The SMILES string of the molecule is CC(=O)NC(N(C#N)c1nc(Cl)nc(N(C)C)n1)C(Cl)(Cl)Cl. The first-order chi connectivity index (χ1) is 10.1. The molecule has 120 valence electrons. The molecule has 12 heteroatoms. The molecule has 0 aliphatic heterocycles. The molecule has 1 N–H and O–H groups in total. The summed E-state index contributed by atoms with van der Waals surface area (Å²) in [6, 6.07) is 0. The van der Waals surface area contributed by atoms with Crippen LogP contribution < -0.4 is 15.1 Å². The maximum Gasteiger partial charge on any atom is 0.246 e. The second-order valence-electron chi connectivity index (χ2n) is 4.21. The number of nitrogens with one attached hydrogen (secondary N) is 1. The van der Waals surface area contributed by atoms with Crippen molar-refractivity contribution in [3.05, 3.63) is 5.28 Å². The highest BCUT2D eigenvalue weighted by atomic mass is 35.6. The van der Waals surface area contributed by atoms with Gasteiger partial charge in [0.05, 0.1) is 0 Å². The summed E-state index contributed by atoms with van der Waals surface area (Å²) in [5.41, 5.74) is 0. The third-order valence-corrected chi connectivity index (χ3v) is 3.01. The van der Waals surface area contributed by atoms with Crippen LogP contribution in [0.1, 0.15) is 6.92 Å². The average Bonchev–Trinajstić information content (AvgIpc) is 2.36. The van der Waals surface area contributed by atoms with Gasteiger partial charge in [-0.05, 0) is 11.6 Å². The maximum atomic E-state index is 11.3. The van der Waals surface area contributed by atoms with E-state index < -0.39 is 15.9 Å². The molecule has 0 radical (unpaired) electrons. The molecule has 1 aromatic heterocycles. The lowest BCUT2D eigenvalue weighted by atomic mass is 10.4. The number of amides is 1. The van der Waals surface area contributed by atoms with Crippen molar-refractivity contribution in [3.8, 4) is 6.19 Å². The Labute approximate surface area is 146 Å². The van der Waals surface area contributed by atoms with Gasteiger partial charge in [-0.15, -0.1) is 0 Å². The van der Waals surface area contributed by atoms with Crippen LogP contribution in [0.25, 0.3) is 0 Å². The van der Waals surface area contributed by atoms with E-state index in [0.717, 1.165) is 4.90 Å². The topological polar surface area (TPSA) is 98.0 Å². The normalized spacial score (nSPS) is 12.3. The van der Waals surface area contributed by atoms with Crippen molar-refractivity contribution in [1.29, 1.82) is 5.26 Å². The largest absolute Gasteiger partial charge is 0.347 e. The van der Waals surface area contributed by atoms with Crippen molar-refractivity contribution in [2.45, 2.75) is 16.9 Å². The number of carbonyl (C=O) groups is 1. The van der Waals surface area contributed by atoms with Gasteiger partial charge < -0.3 is 10.2 Å². The van der Waals surface area contributed by atoms with Gasteiger partial charge in [0.2, 0.25) is 26.9 Å². The zero-order valence-electron chi connectivity index (χ0n) is 11.7. The van der Waals surface area contributed by atoms with Crippen LogP contribution in [0.15, 0.2) is 0 Å². The van der Waals surface area contributed by atoms with E-state index in [9.17, 15) is 10.1 Å². The molecular weight excluding hydrogens is 376 g/mol. The molecule has 22 heavy (non-hydrogen) atoms. The van der Waals surface area contributed by atoms with Gasteiger partial charge in [-0.1, -0.05) is 34.8 Å². The molecule has 0 aliphatic rings. The second kappa shape index (κ2) is 7.33. The Kier molecular flexibility index (Phi) is 6.26. The molecule has 0 saturated heterocycles. The molecule has 0 aromatic carbocycles. The standard InChI is InChI=1S/C10H11Cl4N7O/c1-5(22)16-6(10(12,13)14)21(4-15)9-18-7(11)17-8(19-9)20(2)3/h6H,1-3H3,(H,16,22). The van der Waals surface area contributed by atoms with Gasteiger partial charge in [-0.2, -0.15) is 20.2 Å². The van der Waals surface area contributed by atoms with Crippen LogP contribution in [-0.2, 0) is 4.79 Å². The number of aromatic nitrogens is 3. The van der Waals surface area contributed by atoms with E-state index in [1.165, 1.54) is 6.92 Å². The van der Waals surface area contributed by atoms with Crippen LogP contribution in [0.3, 0.4) is 0 Å². The van der Waals surface area contributed by atoms with Crippen LogP contribution in [0.4, 0.5) is 11.9 Å². The third kappa shape index (κ3) is 4.88. The summed E-state index contributed by atoms with van der Waals surface area (Å²) in [6.45, 7) is 1.21. The number of hydrogen-bond acceptors (Lipinski definition) is 7. The molecule has 1 aromatic rings. The van der Waals surface area contributed by atoms with Crippen LogP contribution in [0, 0.1) is 11.5 Å². The fourth-order valence-corrected chi connectivity index (χ4v) is 1.95. The van der Waals surface area contributed by atoms with Crippen molar-refractivity contribution in [3.63, 3.8) is 0 Å². The minimum Gasteiger partial charge on any atom is -0.347 e. The molecule has 1 heterocycles. The lowest BCUT2D eigenvalue weighted by Crippen LogP contribution is -2.54. The van der Waals surface area contributed by atoms with Crippen molar-refractivity contribution in [1.82, 2.24) is 20.3 Å². The smallest absolute Gasteiger partial charge is 0.246 e. The summed E-state index contributed by atoms with van der Waals surface area (Å²) in [7, 11) is 3.35. The highest BCUT2D eigenvalue weighted by Crippen LogP contribution is 2.33. The average molecular weight is 387 g/mol. The number of alkyl halides is 3. The van der Waals surface area contributed by atoms with E-state index in [0.29, 0.717) is 0 Å². The van der Waals surface area contributed by atoms with Gasteiger partial charge in [-0.25, -0.2) is 4.90 Å². The summed E-state index contributed by atoms with van der Waals surface area (Å²) in [6.07, 6.45) is 0.434. The van der Waals surface area contributed by atoms with E-state index in [1.807, 2.05) is 0 Å². The molecular formula is C10H11Cl4N7O. The van der Waals surface area contributed by atoms with Gasteiger partial charge in [0.15, 0.2) is 12.4 Å². The molecule has 1 amide bonds. The number of hydrogen-bond donors (Lipinski definition) is 1. The van der Waals surface area contributed by atoms with E-state index >= 15 is 0 Å². The predicted molar refractivity (Wildman–Crippen MR) is 85.2 cm³/mol. The van der Waals surface area contributed by atoms with E-state index in [2.05, 4.69) is 20.3 Å². The number of rotatable bonds is 4. The molecule has 0 bridgehead atoms. The molecule has 1 atom stereocenters. The zero-order chi connectivity index (χ0) is 17.1. The molecule has 0 saturated carbocycles. The molecule has 0 fully saturated rings. The van der Waals surface area contributed by atoms with Crippen molar-refractivity contribution >= 4 is 64.2 Å². The van der Waals surface area contributed by atoms with E-state index in [1.54, 1.807) is 25.2 Å². The predicted octanol–water partition coefficient (Wildman–Crippen LogP) is 1.71. The Morgan fingerprint density at radius 3 is 2.23 bits per heavy atom. The number of halogens is 4. The first-order valence-electron chi connectivity index (χ1n) is 5.68. The first kappa shape index (κ1) is 18.8. The Balaban J connectivity index is 3.34. The summed E-state index contributed by atoms with van der Waals surface area (Å²) in [4.78, 5) is 25.4. The summed E-state index contributed by atoms with van der Waals surface area (Å²) < 4.78 is -2.02. The lowest BCUT2D eigenvalue weighted by molar-refractivity contribution is -0.119. The summed E-state index contributed by atoms with van der Waals surface area (Å²) in [5, 5.41) is 11.5. The molecule has 0 aliphatic carbocycles. The Hall–Kier alpha value is -1.27. The Morgan fingerprint density at radius 2 is 1.82 bits per heavy atom. The van der Waals surface area contributed by atoms with Crippen molar-refractivity contribution in [2.24, 2.45) is 0 Å². The fourth-order valence-electron chi connectivity index (χ4n) is 1.34. The Bertz CT molecular complexity index is 598. The number of carbonyl (C=O) groups excluding carboxylic acids is 1. The zero-order valence-corrected chi connectivity index (χ0v) is 14.7. The summed E-state index contributed by atoms with van der Waals surface area (Å²) in [5.74, 6) is -0.484. The van der Waals surface area contributed by atoms with Crippen molar-refractivity contribution < 1.29 is 4.79 Å². The summed E-state index contributed by atoms with van der Waals surface area (Å²) >= 11 is 23.3. The van der Waals surface area contributed by atoms with E-state index in [-0.39, 0.29) is 17.2 Å². The molecule has 1 rings (SSSR count). The minimum absolute atomic E-state index is 0.153. The highest BCUT2D eigenvalue weighted by molar-refractivity contribution is 6.68. The minimum atomic E-state index is -2.02. The van der Waals surface area contributed by atoms with Gasteiger partial charge in [0.1, 0.15) is 0 Å². The maximum absolute atomic E-state index is 11.3. The first-order valence-corrected chi connectivity index (χ1v) is 7.19. The quantitative estimate of drug-likeness (QED) is 0.364. The van der Waals surface area contributed by atoms with Crippen molar-refractivity contribution in [2.75, 3.05) is 23.9 Å². The fraction of sp³-hybridized carbons (Fsp3) is 0.500. The van der Waals surface area contributed by atoms with Gasteiger partial charge in [0.25, 0.3) is 0 Å². The van der Waals surface area contributed by atoms with E-state index in [4.69, 9.17) is 46.4 Å². The number of anilines is 2. The van der Waals surface area contributed by atoms with Crippen LogP contribution in [-0.4, -0.2) is 44.9 Å². The second-order valence-corrected chi connectivity index (χ2v) is 6.92. The number of nitriles is 1. The molecule has 0 spiro atoms. The van der Waals surface area contributed by atoms with Crippen LogP contribution in [0.2, 0.25) is 5.28 Å². The van der Waals surface area contributed by atoms with Gasteiger partial charge in [0, 0.05) is 21.0 Å². The number of nitrogens with zero attached hydrogens (tertiary/aromatic N) is 6. The highest BCUT2D eigenvalue weighted by Gasteiger charge is 2.40. The van der Waals surface area contributed by atoms with Gasteiger partial charge >= 0.3 is 0 Å². The molecule has 1 unspecified atom stereocenters. The monoisotopic (exact) mass is 385 g/mol. The Morgan fingerprint density at radius 1 is 1.27 bits per heavy atom. The van der Waals surface area contributed by atoms with Crippen LogP contribution >= 0.6 is 46.4 Å². The lowest BCUT2D eigenvalue weighted by Gasteiger charge is -2.30. The van der Waals surface area contributed by atoms with Crippen LogP contribution in [0.5, 0.6) is 0 Å². The molecule has 8 nitrogen and oxygen atoms in total. The third-order valence-electron chi connectivity index (χ3n) is 2.22. The van der Waals surface area contributed by atoms with Gasteiger partial charge in [-0.3, -0.25) is 4.79 Å².